The molecule has 0 aliphatic heterocycles. The van der Waals surface area contributed by atoms with Crippen molar-refractivity contribution >= 4 is 46.3 Å². The Bertz CT molecular complexity index is 819. The summed E-state index contributed by atoms with van der Waals surface area (Å²) in [5.41, 5.74) is 4.10. The topological polar surface area (TPSA) is 100 Å². The number of hydrogen-bond donors (Lipinski definition) is 3. The predicted octanol–water partition coefficient (Wildman–Crippen LogP) is 2.73. The second-order valence-corrected chi connectivity index (χ2v) is 6.17. The molecule has 0 radical (unpaired) electrons. The molecule has 25 heavy (non-hydrogen) atoms. The van der Waals surface area contributed by atoms with Crippen molar-refractivity contribution in [1.29, 1.82) is 0 Å². The van der Waals surface area contributed by atoms with Crippen molar-refractivity contribution in [2.75, 3.05) is 12.4 Å². The van der Waals surface area contributed by atoms with Crippen molar-refractivity contribution in [2.45, 2.75) is 6.92 Å². The molecule has 0 saturated heterocycles. The first-order valence-corrected chi connectivity index (χ1v) is 8.26. The van der Waals surface area contributed by atoms with E-state index in [2.05, 4.69) is 15.8 Å². The van der Waals surface area contributed by atoms with Gasteiger partial charge in [0.05, 0.1) is 16.9 Å². The van der Waals surface area contributed by atoms with Crippen LogP contribution >= 0.6 is 22.6 Å². The van der Waals surface area contributed by atoms with Gasteiger partial charge in [0.15, 0.2) is 11.5 Å². The number of nitrogens with one attached hydrogen (secondary N) is 2. The van der Waals surface area contributed by atoms with E-state index in [-0.39, 0.29) is 17.6 Å². The molecule has 0 atom stereocenters. The molecule has 2 aromatic rings. The molecule has 0 bridgehead atoms. The molecule has 0 saturated carbocycles. The lowest BCUT2D eigenvalue weighted by molar-refractivity contribution is -0.114. The summed E-state index contributed by atoms with van der Waals surface area (Å²) in [5, 5.41) is 16.3. The number of methoxy groups -OCH3 is 1. The lowest BCUT2D eigenvalue weighted by Gasteiger charge is -2.06. The van der Waals surface area contributed by atoms with Gasteiger partial charge >= 0.3 is 0 Å². The summed E-state index contributed by atoms with van der Waals surface area (Å²) < 4.78 is 5.68. The number of amides is 2. The van der Waals surface area contributed by atoms with Crippen molar-refractivity contribution < 1.29 is 19.4 Å². The first-order chi connectivity index (χ1) is 11.9. The first kappa shape index (κ1) is 18.7. The van der Waals surface area contributed by atoms with Gasteiger partial charge in [0, 0.05) is 18.2 Å². The molecule has 0 aromatic heterocycles. The Hall–Kier alpha value is -2.62. The SMILES string of the molecule is COc1cc(/C=N\NC(=O)c2ccc(NC(C)=O)cc2)cc(I)c1O. The maximum atomic E-state index is 12.0. The average Bonchev–Trinajstić information content (AvgIpc) is 2.57. The minimum atomic E-state index is -0.383. The predicted molar refractivity (Wildman–Crippen MR) is 103 cm³/mol. The number of rotatable bonds is 5. The van der Waals surface area contributed by atoms with Crippen LogP contribution in [0.5, 0.6) is 11.5 Å². The molecular weight excluding hydrogens is 437 g/mol. The molecule has 2 amide bonds. The van der Waals surface area contributed by atoms with E-state index in [1.54, 1.807) is 36.4 Å². The Morgan fingerprint density at radius 3 is 2.52 bits per heavy atom. The van der Waals surface area contributed by atoms with Crippen LogP contribution in [0.3, 0.4) is 0 Å². The number of aromatic hydroxyl groups is 1. The van der Waals surface area contributed by atoms with Gasteiger partial charge in [0.25, 0.3) is 5.91 Å². The fraction of sp³-hybridized carbons (Fsp3) is 0.118. The van der Waals surface area contributed by atoms with Gasteiger partial charge in [-0.05, 0) is 64.6 Å². The average molecular weight is 453 g/mol. The molecule has 0 aliphatic rings. The van der Waals surface area contributed by atoms with Crippen LogP contribution in [-0.2, 0) is 4.79 Å². The molecule has 130 valence electrons. The number of phenolic OH excluding ortho intramolecular Hbond substituents is 1. The van der Waals surface area contributed by atoms with E-state index in [0.29, 0.717) is 26.1 Å². The third-order valence-electron chi connectivity index (χ3n) is 3.12. The number of halogens is 1. The summed E-state index contributed by atoms with van der Waals surface area (Å²) >= 11 is 1.98. The van der Waals surface area contributed by atoms with Crippen LogP contribution in [0, 0.1) is 3.57 Å². The zero-order valence-electron chi connectivity index (χ0n) is 13.5. The Labute approximate surface area is 158 Å². The Balaban J connectivity index is 2.03. The summed E-state index contributed by atoms with van der Waals surface area (Å²) in [6.45, 7) is 1.41. The van der Waals surface area contributed by atoms with Gasteiger partial charge in [-0.3, -0.25) is 9.59 Å². The molecular formula is C17H16IN3O4. The van der Waals surface area contributed by atoms with Gasteiger partial charge in [-0.2, -0.15) is 5.10 Å². The highest BCUT2D eigenvalue weighted by Crippen LogP contribution is 2.31. The second-order valence-electron chi connectivity index (χ2n) is 5.01. The van der Waals surface area contributed by atoms with Crippen LogP contribution in [0.15, 0.2) is 41.5 Å². The van der Waals surface area contributed by atoms with Crippen molar-refractivity contribution in [3.63, 3.8) is 0 Å². The minimum Gasteiger partial charge on any atom is -0.504 e. The molecule has 0 spiro atoms. The molecule has 2 rings (SSSR count). The fourth-order valence-electron chi connectivity index (χ4n) is 1.96. The zero-order valence-corrected chi connectivity index (χ0v) is 15.7. The van der Waals surface area contributed by atoms with E-state index in [1.165, 1.54) is 20.2 Å². The molecule has 8 heteroatoms. The fourth-order valence-corrected chi connectivity index (χ4v) is 2.59. The van der Waals surface area contributed by atoms with E-state index in [4.69, 9.17) is 4.74 Å². The quantitative estimate of drug-likeness (QED) is 0.368. The zero-order chi connectivity index (χ0) is 18.4. The number of phenols is 1. The van der Waals surface area contributed by atoms with E-state index in [9.17, 15) is 14.7 Å². The Morgan fingerprint density at radius 2 is 1.92 bits per heavy atom. The normalized spacial score (nSPS) is 10.5. The Kier molecular flexibility index (Phi) is 6.34. The number of benzene rings is 2. The van der Waals surface area contributed by atoms with E-state index >= 15 is 0 Å². The van der Waals surface area contributed by atoms with Crippen LogP contribution in [0.4, 0.5) is 5.69 Å². The minimum absolute atomic E-state index is 0.0588. The number of carbonyl (C=O) groups is 2. The number of ether oxygens (including phenoxy) is 1. The monoisotopic (exact) mass is 453 g/mol. The highest BCUT2D eigenvalue weighted by molar-refractivity contribution is 14.1. The molecule has 0 aliphatic carbocycles. The van der Waals surface area contributed by atoms with Crippen molar-refractivity contribution in [2.24, 2.45) is 5.10 Å². The molecule has 0 unspecified atom stereocenters. The summed E-state index contributed by atoms with van der Waals surface area (Å²) in [5.74, 6) is -0.177. The van der Waals surface area contributed by atoms with E-state index in [1.807, 2.05) is 22.6 Å². The first-order valence-electron chi connectivity index (χ1n) is 7.18. The van der Waals surface area contributed by atoms with E-state index < -0.39 is 0 Å². The summed E-state index contributed by atoms with van der Waals surface area (Å²) in [6.07, 6.45) is 1.45. The number of hydrogen-bond acceptors (Lipinski definition) is 5. The lowest BCUT2D eigenvalue weighted by atomic mass is 10.2. The van der Waals surface area contributed by atoms with E-state index in [0.717, 1.165) is 0 Å². The number of carbonyl (C=O) groups excluding carboxylic acids is 2. The van der Waals surface area contributed by atoms with Crippen molar-refractivity contribution in [3.8, 4) is 11.5 Å². The number of nitrogens with zero attached hydrogens (tertiary/aromatic N) is 1. The highest BCUT2D eigenvalue weighted by atomic mass is 127. The van der Waals surface area contributed by atoms with Crippen LogP contribution in [0.1, 0.15) is 22.8 Å². The second kappa shape index (κ2) is 8.47. The van der Waals surface area contributed by atoms with Crippen LogP contribution < -0.4 is 15.5 Å². The summed E-state index contributed by atoms with van der Waals surface area (Å²) in [7, 11) is 1.46. The maximum absolute atomic E-state index is 12.0. The molecule has 2 aromatic carbocycles. The van der Waals surface area contributed by atoms with Gasteiger partial charge in [-0.1, -0.05) is 0 Å². The van der Waals surface area contributed by atoms with Crippen LogP contribution in [0.25, 0.3) is 0 Å². The van der Waals surface area contributed by atoms with Crippen molar-refractivity contribution in [1.82, 2.24) is 5.43 Å². The summed E-state index contributed by atoms with van der Waals surface area (Å²) in [6, 6.07) is 9.75. The molecule has 3 N–H and O–H groups in total. The standard InChI is InChI=1S/C17H16IN3O4/c1-10(22)20-13-5-3-12(4-6-13)17(24)21-19-9-11-7-14(18)16(23)15(8-11)25-2/h3-9,23H,1-2H3,(H,20,22)(H,21,24)/b19-9-. The molecule has 7 nitrogen and oxygen atoms in total. The number of hydrazone groups is 1. The number of anilines is 1. The third kappa shape index (κ3) is 5.18. The van der Waals surface area contributed by atoms with Crippen molar-refractivity contribution in [3.05, 3.63) is 51.1 Å². The maximum Gasteiger partial charge on any atom is 0.271 e. The lowest BCUT2D eigenvalue weighted by Crippen LogP contribution is -2.17. The smallest absolute Gasteiger partial charge is 0.271 e. The highest BCUT2D eigenvalue weighted by Gasteiger charge is 2.08. The van der Waals surface area contributed by atoms with Gasteiger partial charge < -0.3 is 15.2 Å². The van der Waals surface area contributed by atoms with Gasteiger partial charge in [-0.25, -0.2) is 5.43 Å². The van der Waals surface area contributed by atoms with Gasteiger partial charge in [0.2, 0.25) is 5.91 Å². The van der Waals surface area contributed by atoms with Crippen LogP contribution in [-0.4, -0.2) is 30.2 Å². The summed E-state index contributed by atoms with van der Waals surface area (Å²) in [4.78, 5) is 23.0. The third-order valence-corrected chi connectivity index (χ3v) is 3.94. The molecule has 0 fully saturated rings. The van der Waals surface area contributed by atoms with Gasteiger partial charge in [-0.15, -0.1) is 0 Å². The largest absolute Gasteiger partial charge is 0.504 e. The van der Waals surface area contributed by atoms with Gasteiger partial charge in [0.1, 0.15) is 0 Å². The Morgan fingerprint density at radius 1 is 1.24 bits per heavy atom. The van der Waals surface area contributed by atoms with Crippen LogP contribution in [0.2, 0.25) is 0 Å². The molecule has 0 heterocycles.